The summed E-state index contributed by atoms with van der Waals surface area (Å²) in [6.07, 6.45) is 1.38. The van der Waals surface area contributed by atoms with E-state index in [1.54, 1.807) is 31.2 Å². The highest BCUT2D eigenvalue weighted by Crippen LogP contribution is 2.35. The summed E-state index contributed by atoms with van der Waals surface area (Å²) in [5.74, 6) is -1.10. The third-order valence-electron chi connectivity index (χ3n) is 4.05. The molecule has 0 unspecified atom stereocenters. The Labute approximate surface area is 182 Å². The first-order valence-corrected chi connectivity index (χ1v) is 9.90. The molecule has 0 radical (unpaired) electrons. The fraction of sp³-hybridized carbons (Fsp3) is 0.105. The molecule has 1 aliphatic heterocycles. The molecule has 4 amide bonds. The molecule has 28 heavy (non-hydrogen) atoms. The molecule has 144 valence electrons. The van der Waals surface area contributed by atoms with E-state index in [0.29, 0.717) is 36.5 Å². The molecule has 9 heteroatoms. The molecule has 0 bridgehead atoms. The first-order valence-electron chi connectivity index (χ1n) is 7.93. The molecule has 1 saturated heterocycles. The maximum absolute atomic E-state index is 13.1. The van der Waals surface area contributed by atoms with Crippen molar-refractivity contribution in [3.8, 4) is 5.75 Å². The van der Waals surface area contributed by atoms with E-state index in [1.807, 2.05) is 0 Å². The van der Waals surface area contributed by atoms with Crippen LogP contribution >= 0.6 is 43.5 Å². The Morgan fingerprint density at radius 1 is 1.14 bits per heavy atom. The van der Waals surface area contributed by atoms with E-state index in [2.05, 4.69) is 37.2 Å². The lowest BCUT2D eigenvalue weighted by molar-refractivity contribution is -0.122. The van der Waals surface area contributed by atoms with Crippen LogP contribution in [0.2, 0.25) is 5.02 Å². The normalized spacial score (nSPS) is 15.8. The fourth-order valence-corrected chi connectivity index (χ4v) is 4.34. The summed E-state index contributed by atoms with van der Waals surface area (Å²) >= 11 is 12.8. The van der Waals surface area contributed by atoms with Crippen molar-refractivity contribution < 1.29 is 19.1 Å². The van der Waals surface area contributed by atoms with E-state index >= 15 is 0 Å². The Morgan fingerprint density at radius 3 is 2.54 bits per heavy atom. The number of urea groups is 1. The lowest BCUT2D eigenvalue weighted by Crippen LogP contribution is -2.54. The zero-order valence-electron chi connectivity index (χ0n) is 14.7. The van der Waals surface area contributed by atoms with E-state index < -0.39 is 17.8 Å². The van der Waals surface area contributed by atoms with Crippen molar-refractivity contribution in [2.45, 2.75) is 6.92 Å². The van der Waals surface area contributed by atoms with Crippen LogP contribution in [0.4, 0.5) is 10.5 Å². The highest BCUT2D eigenvalue weighted by Gasteiger charge is 2.37. The number of halogens is 3. The van der Waals surface area contributed by atoms with Gasteiger partial charge in [0.1, 0.15) is 11.3 Å². The first-order chi connectivity index (χ1) is 13.2. The van der Waals surface area contributed by atoms with Crippen LogP contribution in [0.5, 0.6) is 5.75 Å². The second-order valence-corrected chi connectivity index (χ2v) is 8.11. The number of nitrogens with one attached hydrogen (secondary N) is 1. The average Bonchev–Trinajstić information content (AvgIpc) is 2.61. The van der Waals surface area contributed by atoms with E-state index in [4.69, 9.17) is 16.3 Å². The molecule has 1 aliphatic rings. The number of carbonyl (C=O) groups is 3. The van der Waals surface area contributed by atoms with Crippen LogP contribution in [-0.4, -0.2) is 25.0 Å². The predicted molar refractivity (Wildman–Crippen MR) is 114 cm³/mol. The minimum Gasteiger partial charge on any atom is -0.495 e. The number of imide groups is 2. The molecule has 0 aromatic heterocycles. The summed E-state index contributed by atoms with van der Waals surface area (Å²) < 4.78 is 6.71. The summed E-state index contributed by atoms with van der Waals surface area (Å²) in [4.78, 5) is 38.7. The van der Waals surface area contributed by atoms with Gasteiger partial charge in [-0.05, 0) is 58.8 Å². The number of aryl methyl sites for hydroxylation is 1. The Hall–Kier alpha value is -2.16. The molecule has 1 N–H and O–H groups in total. The summed E-state index contributed by atoms with van der Waals surface area (Å²) in [5.41, 5.74) is 1.24. The predicted octanol–water partition coefficient (Wildman–Crippen LogP) is 4.85. The number of nitrogens with zero attached hydrogens (tertiary/aromatic N) is 1. The van der Waals surface area contributed by atoms with Crippen LogP contribution in [0.1, 0.15) is 11.1 Å². The number of amides is 4. The summed E-state index contributed by atoms with van der Waals surface area (Å²) in [7, 11) is 1.48. The molecule has 6 nitrogen and oxygen atoms in total. The number of ether oxygens (including phenoxy) is 1. The zero-order valence-corrected chi connectivity index (χ0v) is 18.6. The Bertz CT molecular complexity index is 1050. The first kappa shape index (κ1) is 20.6. The number of methoxy groups -OCH3 is 1. The number of carbonyl (C=O) groups excluding carboxylic acids is 3. The standard InChI is InChI=1S/C19H13Br2ClN2O4/c1-9-3-4-12(22)8-15(9)24-18(26)13(17(25)23-19(24)27)6-10-5-11(20)7-14(21)16(10)28-2/h3-8H,1-2H3,(H,23,25,27)/b13-6+. The maximum atomic E-state index is 13.1. The lowest BCUT2D eigenvalue weighted by Gasteiger charge is -2.27. The van der Waals surface area contributed by atoms with Crippen LogP contribution in [0.3, 0.4) is 0 Å². The minimum atomic E-state index is -0.833. The molecule has 0 spiro atoms. The highest BCUT2D eigenvalue weighted by molar-refractivity contribution is 9.11. The Kier molecular flexibility index (Phi) is 5.92. The van der Waals surface area contributed by atoms with Gasteiger partial charge in [0.05, 0.1) is 17.3 Å². The van der Waals surface area contributed by atoms with Gasteiger partial charge in [-0.25, -0.2) is 9.69 Å². The van der Waals surface area contributed by atoms with Crippen LogP contribution in [0.15, 0.2) is 44.9 Å². The van der Waals surface area contributed by atoms with Crippen molar-refractivity contribution in [2.75, 3.05) is 12.0 Å². The SMILES string of the molecule is COc1c(Br)cc(Br)cc1/C=C1\C(=O)NC(=O)N(c2cc(Cl)ccc2C)C1=O. The molecule has 0 saturated carbocycles. The summed E-state index contributed by atoms with van der Waals surface area (Å²) in [6, 6.07) is 7.47. The Morgan fingerprint density at radius 2 is 1.86 bits per heavy atom. The quantitative estimate of drug-likeness (QED) is 0.457. The number of hydrogen-bond acceptors (Lipinski definition) is 4. The smallest absolute Gasteiger partial charge is 0.335 e. The molecule has 3 rings (SSSR count). The largest absolute Gasteiger partial charge is 0.495 e. The van der Waals surface area contributed by atoms with Gasteiger partial charge < -0.3 is 4.74 Å². The van der Waals surface area contributed by atoms with E-state index in [9.17, 15) is 14.4 Å². The van der Waals surface area contributed by atoms with Gasteiger partial charge in [0, 0.05) is 15.1 Å². The van der Waals surface area contributed by atoms with Crippen LogP contribution < -0.4 is 15.0 Å². The van der Waals surface area contributed by atoms with Gasteiger partial charge in [0.2, 0.25) is 0 Å². The molecule has 0 atom stereocenters. The van der Waals surface area contributed by atoms with Gasteiger partial charge in [-0.15, -0.1) is 0 Å². The van der Waals surface area contributed by atoms with Crippen molar-refractivity contribution in [1.82, 2.24) is 5.32 Å². The second kappa shape index (κ2) is 8.06. The van der Waals surface area contributed by atoms with Crippen molar-refractivity contribution in [3.05, 3.63) is 61.0 Å². The topological polar surface area (TPSA) is 75.7 Å². The zero-order chi connectivity index (χ0) is 20.6. The van der Waals surface area contributed by atoms with Gasteiger partial charge in [0.25, 0.3) is 11.8 Å². The van der Waals surface area contributed by atoms with E-state index in [1.165, 1.54) is 19.3 Å². The van der Waals surface area contributed by atoms with E-state index in [-0.39, 0.29) is 5.57 Å². The molecule has 2 aromatic carbocycles. The van der Waals surface area contributed by atoms with Crippen molar-refractivity contribution >= 4 is 73.1 Å². The molecular weight excluding hydrogens is 515 g/mol. The van der Waals surface area contributed by atoms with Crippen molar-refractivity contribution in [2.24, 2.45) is 0 Å². The van der Waals surface area contributed by atoms with Gasteiger partial charge in [-0.1, -0.05) is 33.6 Å². The fourth-order valence-electron chi connectivity index (χ4n) is 2.76. The Balaban J connectivity index is 2.13. The van der Waals surface area contributed by atoms with Crippen molar-refractivity contribution in [3.63, 3.8) is 0 Å². The average molecular weight is 529 g/mol. The number of hydrogen-bond donors (Lipinski definition) is 1. The third kappa shape index (κ3) is 3.85. The maximum Gasteiger partial charge on any atom is 0.335 e. The van der Waals surface area contributed by atoms with Crippen molar-refractivity contribution in [1.29, 1.82) is 0 Å². The molecular formula is C19H13Br2ClN2O4. The molecule has 0 aliphatic carbocycles. The monoisotopic (exact) mass is 526 g/mol. The molecule has 2 aromatic rings. The van der Waals surface area contributed by atoms with Crippen LogP contribution in [0, 0.1) is 6.92 Å². The van der Waals surface area contributed by atoms with Gasteiger partial charge in [0.15, 0.2) is 0 Å². The highest BCUT2D eigenvalue weighted by atomic mass is 79.9. The van der Waals surface area contributed by atoms with Gasteiger partial charge >= 0.3 is 6.03 Å². The summed E-state index contributed by atoms with van der Waals surface area (Å²) in [6.45, 7) is 1.74. The number of barbiturate groups is 1. The van der Waals surface area contributed by atoms with Crippen LogP contribution in [0.25, 0.3) is 6.08 Å². The molecule has 1 fully saturated rings. The lowest BCUT2D eigenvalue weighted by atomic mass is 10.1. The minimum absolute atomic E-state index is 0.206. The molecule has 1 heterocycles. The third-order valence-corrected chi connectivity index (χ3v) is 5.34. The number of benzene rings is 2. The second-order valence-electron chi connectivity index (χ2n) is 5.90. The number of rotatable bonds is 3. The number of anilines is 1. The van der Waals surface area contributed by atoms with Gasteiger partial charge in [-0.2, -0.15) is 0 Å². The summed E-state index contributed by atoms with van der Waals surface area (Å²) in [5, 5.41) is 2.56. The van der Waals surface area contributed by atoms with Crippen LogP contribution in [-0.2, 0) is 9.59 Å². The van der Waals surface area contributed by atoms with Gasteiger partial charge in [-0.3, -0.25) is 14.9 Å². The van der Waals surface area contributed by atoms with E-state index in [0.717, 1.165) is 4.90 Å².